The number of hydrogen-bond donors (Lipinski definition) is 0. The van der Waals surface area contributed by atoms with Crippen LogP contribution < -0.4 is 0 Å². The Morgan fingerprint density at radius 3 is 2.42 bits per heavy atom. The zero-order valence-corrected chi connectivity index (χ0v) is 14.8. The van der Waals surface area contributed by atoms with Gasteiger partial charge in [-0.2, -0.15) is 0 Å². The van der Waals surface area contributed by atoms with Crippen molar-refractivity contribution in [3.63, 3.8) is 0 Å². The maximum atomic E-state index is 13.0. The third-order valence-corrected chi connectivity index (χ3v) is 5.73. The van der Waals surface area contributed by atoms with E-state index in [1.165, 1.54) is 6.42 Å². The molecule has 6 heteroatoms. The van der Waals surface area contributed by atoms with Crippen LogP contribution in [0.3, 0.4) is 0 Å². The van der Waals surface area contributed by atoms with E-state index in [2.05, 4.69) is 18.4 Å². The van der Waals surface area contributed by atoms with Gasteiger partial charge in [-0.25, -0.2) is 4.84 Å². The highest BCUT2D eigenvalue weighted by atomic mass is 16.8. The molecule has 0 radical (unpaired) electrons. The molecule has 2 amide bonds. The molecule has 0 aromatic heterocycles. The standard InChI is InChI=1S/C18H28N2O4/c1-4-6-7-8-9-14(3)18-16(22)20(24-18)15(21)17(18,5-2)19-10-12-23-13-11-19/h3-13H2,1-2H3. The molecule has 4 aliphatic rings. The average Bonchev–Trinajstić information content (AvgIpc) is 2.99. The number of fused-ring (bicyclic) bond motifs is 1. The Labute approximate surface area is 143 Å². The fourth-order valence-corrected chi connectivity index (χ4v) is 4.40. The molecule has 0 saturated carbocycles. The third-order valence-electron chi connectivity index (χ3n) is 5.73. The minimum Gasteiger partial charge on any atom is -0.379 e. The molecule has 0 aliphatic carbocycles. The van der Waals surface area contributed by atoms with Gasteiger partial charge >= 0.3 is 0 Å². The lowest BCUT2D eigenvalue weighted by Crippen LogP contribution is -2.70. The van der Waals surface area contributed by atoms with Gasteiger partial charge < -0.3 is 4.74 Å². The topological polar surface area (TPSA) is 59.1 Å². The van der Waals surface area contributed by atoms with Gasteiger partial charge in [-0.3, -0.25) is 14.5 Å². The molecule has 0 spiro atoms. The predicted molar refractivity (Wildman–Crippen MR) is 89.0 cm³/mol. The molecule has 4 heterocycles. The van der Waals surface area contributed by atoms with Crippen molar-refractivity contribution in [2.45, 2.75) is 63.5 Å². The van der Waals surface area contributed by atoms with E-state index < -0.39 is 11.1 Å². The monoisotopic (exact) mass is 336 g/mol. The van der Waals surface area contributed by atoms with Gasteiger partial charge in [0.2, 0.25) is 5.60 Å². The molecule has 4 rings (SSSR count). The van der Waals surface area contributed by atoms with Gasteiger partial charge in [0.05, 0.1) is 13.2 Å². The third kappa shape index (κ3) is 2.13. The second-order valence-corrected chi connectivity index (χ2v) is 6.90. The largest absolute Gasteiger partial charge is 0.379 e. The predicted octanol–water partition coefficient (Wildman–Crippen LogP) is 2.05. The van der Waals surface area contributed by atoms with Crippen LogP contribution in [0.25, 0.3) is 0 Å². The lowest BCUT2D eigenvalue weighted by atomic mass is 9.72. The summed E-state index contributed by atoms with van der Waals surface area (Å²) in [5.41, 5.74) is -1.39. The summed E-state index contributed by atoms with van der Waals surface area (Å²) in [4.78, 5) is 33.6. The molecule has 0 aromatic rings. The normalized spacial score (nSPS) is 33.0. The number of ether oxygens (including phenoxy) is 1. The van der Waals surface area contributed by atoms with Crippen molar-refractivity contribution < 1.29 is 19.2 Å². The van der Waals surface area contributed by atoms with Crippen LogP contribution in [-0.4, -0.2) is 59.2 Å². The Bertz CT molecular complexity index is 543. The number of unbranched alkanes of at least 4 members (excludes halogenated alkanes) is 3. The summed E-state index contributed by atoms with van der Waals surface area (Å²) in [5.74, 6) is -0.465. The van der Waals surface area contributed by atoms with Gasteiger partial charge in [0.15, 0.2) is 0 Å². The number of rotatable bonds is 8. The SMILES string of the molecule is C=C(CCCCCC)C12ON(C1=O)C(=O)C2(CC)N1CCOCC1. The zero-order chi connectivity index (χ0) is 17.4. The van der Waals surface area contributed by atoms with Gasteiger partial charge in [0.1, 0.15) is 5.54 Å². The Morgan fingerprint density at radius 2 is 1.83 bits per heavy atom. The number of amides is 2. The molecule has 2 unspecified atom stereocenters. The van der Waals surface area contributed by atoms with E-state index in [9.17, 15) is 9.59 Å². The first kappa shape index (κ1) is 17.6. The first-order valence-corrected chi connectivity index (χ1v) is 9.15. The number of morpholine rings is 1. The van der Waals surface area contributed by atoms with Gasteiger partial charge in [-0.1, -0.05) is 39.7 Å². The minimum absolute atomic E-state index is 0.230. The first-order chi connectivity index (χ1) is 11.6. The zero-order valence-electron chi connectivity index (χ0n) is 14.8. The van der Waals surface area contributed by atoms with Crippen LogP contribution in [0.4, 0.5) is 0 Å². The molecule has 2 atom stereocenters. The van der Waals surface area contributed by atoms with Crippen molar-refractivity contribution in [1.82, 2.24) is 9.96 Å². The smallest absolute Gasteiger partial charge is 0.295 e. The van der Waals surface area contributed by atoms with Crippen molar-refractivity contribution in [3.05, 3.63) is 12.2 Å². The highest BCUT2D eigenvalue weighted by molar-refractivity contribution is 6.18. The summed E-state index contributed by atoms with van der Waals surface area (Å²) in [6.45, 7) is 10.7. The number of hydroxylamine groups is 2. The second kappa shape index (κ2) is 6.58. The number of carbonyl (C=O) groups is 2. The van der Waals surface area contributed by atoms with Crippen molar-refractivity contribution in [2.75, 3.05) is 26.3 Å². The van der Waals surface area contributed by atoms with Crippen LogP contribution in [-0.2, 0) is 19.2 Å². The molecule has 2 bridgehead atoms. The van der Waals surface area contributed by atoms with E-state index >= 15 is 0 Å². The summed E-state index contributed by atoms with van der Waals surface area (Å²) in [5, 5.41) is 0.955. The maximum Gasteiger partial charge on any atom is 0.295 e. The summed E-state index contributed by atoms with van der Waals surface area (Å²) in [6, 6.07) is 0. The molecule has 0 aromatic carbocycles. The molecule has 4 aliphatic heterocycles. The first-order valence-electron chi connectivity index (χ1n) is 9.15. The van der Waals surface area contributed by atoms with Crippen molar-refractivity contribution in [2.24, 2.45) is 0 Å². The molecule has 24 heavy (non-hydrogen) atoms. The summed E-state index contributed by atoms with van der Waals surface area (Å²) >= 11 is 0. The molecule has 0 N–H and O–H groups in total. The molecule has 4 fully saturated rings. The lowest BCUT2D eigenvalue weighted by molar-refractivity contribution is -0.265. The van der Waals surface area contributed by atoms with Gasteiger partial charge in [0, 0.05) is 13.1 Å². The number of hydrogen-bond acceptors (Lipinski definition) is 5. The van der Waals surface area contributed by atoms with E-state index in [0.29, 0.717) is 32.7 Å². The van der Waals surface area contributed by atoms with Crippen LogP contribution in [0.5, 0.6) is 0 Å². The summed E-state index contributed by atoms with van der Waals surface area (Å²) < 4.78 is 5.43. The Hall–Kier alpha value is -1.24. The van der Waals surface area contributed by atoms with Gasteiger partial charge in [-0.05, 0) is 24.8 Å². The van der Waals surface area contributed by atoms with Crippen LogP contribution in [0, 0.1) is 0 Å². The molecule has 6 nitrogen and oxygen atoms in total. The van der Waals surface area contributed by atoms with Crippen molar-refractivity contribution >= 4 is 11.8 Å². The van der Waals surface area contributed by atoms with Crippen LogP contribution in [0.15, 0.2) is 12.2 Å². The van der Waals surface area contributed by atoms with Gasteiger partial charge in [0.25, 0.3) is 11.8 Å². The Balaban J connectivity index is 1.87. The van der Waals surface area contributed by atoms with E-state index in [1.807, 2.05) is 6.92 Å². The second-order valence-electron chi connectivity index (χ2n) is 6.90. The number of nitrogens with zero attached hydrogens (tertiary/aromatic N) is 2. The van der Waals surface area contributed by atoms with Crippen LogP contribution in [0.1, 0.15) is 52.4 Å². The van der Waals surface area contributed by atoms with Crippen molar-refractivity contribution in [3.8, 4) is 0 Å². The number of carbonyl (C=O) groups excluding carboxylic acids is 2. The molecule has 4 saturated heterocycles. The fraction of sp³-hybridized carbons (Fsp3) is 0.778. The van der Waals surface area contributed by atoms with Crippen LogP contribution >= 0.6 is 0 Å². The fourth-order valence-electron chi connectivity index (χ4n) is 4.40. The Morgan fingerprint density at radius 1 is 1.12 bits per heavy atom. The highest BCUT2D eigenvalue weighted by Gasteiger charge is 2.82. The number of imide groups is 1. The highest BCUT2D eigenvalue weighted by Crippen LogP contribution is 2.56. The van der Waals surface area contributed by atoms with E-state index in [1.54, 1.807) is 0 Å². The van der Waals surface area contributed by atoms with E-state index in [-0.39, 0.29) is 11.8 Å². The lowest BCUT2D eigenvalue weighted by Gasteiger charge is -2.49. The van der Waals surface area contributed by atoms with Gasteiger partial charge in [-0.15, -0.1) is 5.06 Å². The minimum atomic E-state index is -1.19. The quantitative estimate of drug-likeness (QED) is 0.386. The molecular weight excluding hydrogens is 308 g/mol. The summed E-state index contributed by atoms with van der Waals surface area (Å²) in [6.07, 6.45) is 5.66. The summed E-state index contributed by atoms with van der Waals surface area (Å²) in [7, 11) is 0. The maximum absolute atomic E-state index is 13.0. The molecular formula is C18H28N2O4. The van der Waals surface area contributed by atoms with Crippen LogP contribution in [0.2, 0.25) is 0 Å². The Kier molecular flexibility index (Phi) is 4.82. The molecule has 134 valence electrons. The van der Waals surface area contributed by atoms with E-state index in [0.717, 1.165) is 36.3 Å². The average molecular weight is 336 g/mol. The van der Waals surface area contributed by atoms with Crippen molar-refractivity contribution in [1.29, 1.82) is 0 Å². The van der Waals surface area contributed by atoms with E-state index in [4.69, 9.17) is 9.57 Å².